The van der Waals surface area contributed by atoms with E-state index < -0.39 is 0 Å². The minimum Gasteiger partial charge on any atom is -0.377 e. The van der Waals surface area contributed by atoms with E-state index in [9.17, 15) is 9.59 Å². The number of hydrogen-bond donors (Lipinski definition) is 1. The second kappa shape index (κ2) is 8.59. The zero-order valence-corrected chi connectivity index (χ0v) is 16.9. The van der Waals surface area contributed by atoms with E-state index in [1.807, 2.05) is 45.0 Å². The smallest absolute Gasteiger partial charge is 0.278 e. The number of ether oxygens (including phenoxy) is 1. The molecule has 0 saturated carbocycles. The molecule has 2 aromatic carbocycles. The van der Waals surface area contributed by atoms with Crippen LogP contribution in [-0.4, -0.2) is 36.0 Å². The fourth-order valence-corrected chi connectivity index (χ4v) is 3.15. The van der Waals surface area contributed by atoms with E-state index in [4.69, 9.17) is 16.3 Å². The van der Waals surface area contributed by atoms with Crippen molar-refractivity contribution in [2.75, 3.05) is 18.5 Å². The van der Waals surface area contributed by atoms with Crippen LogP contribution in [0, 0.1) is 6.92 Å². The predicted molar refractivity (Wildman–Crippen MR) is 111 cm³/mol. The van der Waals surface area contributed by atoms with E-state index in [1.54, 1.807) is 24.3 Å². The highest BCUT2D eigenvalue weighted by Crippen LogP contribution is 2.31. The summed E-state index contributed by atoms with van der Waals surface area (Å²) in [6.07, 6.45) is 0.0291. The molecule has 3 rings (SSSR count). The summed E-state index contributed by atoms with van der Waals surface area (Å²) in [7, 11) is 0. The molecule has 1 aliphatic heterocycles. The van der Waals surface area contributed by atoms with Crippen LogP contribution in [0.4, 0.5) is 5.69 Å². The maximum atomic E-state index is 13.1. The molecule has 0 bridgehead atoms. The number of imide groups is 1. The second-order valence-corrected chi connectivity index (χ2v) is 7.37. The first-order valence-electron chi connectivity index (χ1n) is 9.18. The van der Waals surface area contributed by atoms with E-state index in [-0.39, 0.29) is 30.2 Å². The molecule has 0 atom stereocenters. The minimum absolute atomic E-state index is 0.0291. The van der Waals surface area contributed by atoms with Crippen LogP contribution in [-0.2, 0) is 14.3 Å². The Labute approximate surface area is 169 Å². The van der Waals surface area contributed by atoms with Crippen molar-refractivity contribution in [1.82, 2.24) is 4.90 Å². The molecule has 0 spiro atoms. The Morgan fingerprint density at radius 1 is 1.07 bits per heavy atom. The average Bonchev–Trinajstić information content (AvgIpc) is 2.87. The van der Waals surface area contributed by atoms with E-state index in [0.29, 0.717) is 22.8 Å². The van der Waals surface area contributed by atoms with Gasteiger partial charge in [-0.05, 0) is 56.2 Å². The topological polar surface area (TPSA) is 58.6 Å². The molecule has 146 valence electrons. The second-order valence-electron chi connectivity index (χ2n) is 6.93. The monoisotopic (exact) mass is 398 g/mol. The van der Waals surface area contributed by atoms with Gasteiger partial charge in [-0.25, -0.2) is 0 Å². The third kappa shape index (κ3) is 4.43. The predicted octanol–water partition coefficient (Wildman–Crippen LogP) is 4.27. The van der Waals surface area contributed by atoms with Gasteiger partial charge in [-0.2, -0.15) is 0 Å². The molecule has 0 radical (unpaired) electrons. The van der Waals surface area contributed by atoms with E-state index in [2.05, 4.69) is 5.32 Å². The molecule has 0 unspecified atom stereocenters. The maximum absolute atomic E-state index is 13.1. The van der Waals surface area contributed by atoms with Crippen LogP contribution in [0.3, 0.4) is 0 Å². The maximum Gasteiger partial charge on any atom is 0.278 e. The molecule has 5 nitrogen and oxygen atoms in total. The van der Waals surface area contributed by atoms with Gasteiger partial charge in [0.2, 0.25) is 0 Å². The third-order valence-electron chi connectivity index (χ3n) is 4.35. The molecule has 0 aromatic heterocycles. The van der Waals surface area contributed by atoms with Crippen LogP contribution < -0.4 is 5.32 Å². The number of hydrogen-bond acceptors (Lipinski definition) is 4. The SMILES string of the molecule is Cc1cccc(NC2=C(c3ccc(Cl)cc3)C(=O)N(CCOC(C)C)C2=O)c1. The van der Waals surface area contributed by atoms with Gasteiger partial charge in [-0.3, -0.25) is 14.5 Å². The molecular weight excluding hydrogens is 376 g/mol. The quantitative estimate of drug-likeness (QED) is 0.708. The third-order valence-corrected chi connectivity index (χ3v) is 4.61. The lowest BCUT2D eigenvalue weighted by Gasteiger charge is -2.16. The Balaban J connectivity index is 1.96. The first-order valence-corrected chi connectivity index (χ1v) is 9.56. The van der Waals surface area contributed by atoms with Crippen LogP contribution in [0.15, 0.2) is 54.2 Å². The summed E-state index contributed by atoms with van der Waals surface area (Å²) in [6, 6.07) is 14.6. The zero-order chi connectivity index (χ0) is 20.3. The van der Waals surface area contributed by atoms with Crippen molar-refractivity contribution in [2.45, 2.75) is 26.9 Å². The van der Waals surface area contributed by atoms with Gasteiger partial charge in [0.05, 0.1) is 24.8 Å². The van der Waals surface area contributed by atoms with Gasteiger partial charge in [0.1, 0.15) is 5.70 Å². The largest absolute Gasteiger partial charge is 0.377 e. The number of halogens is 1. The Kier molecular flexibility index (Phi) is 6.17. The van der Waals surface area contributed by atoms with Crippen molar-refractivity contribution < 1.29 is 14.3 Å². The van der Waals surface area contributed by atoms with Crippen molar-refractivity contribution in [1.29, 1.82) is 0 Å². The molecule has 1 heterocycles. The molecule has 1 N–H and O–H groups in total. The summed E-state index contributed by atoms with van der Waals surface area (Å²) in [6.45, 7) is 6.29. The average molecular weight is 399 g/mol. The molecule has 2 aromatic rings. The van der Waals surface area contributed by atoms with Crippen LogP contribution in [0.5, 0.6) is 0 Å². The fourth-order valence-electron chi connectivity index (χ4n) is 3.03. The Hall–Kier alpha value is -2.63. The molecule has 2 amide bonds. The van der Waals surface area contributed by atoms with Gasteiger partial charge in [-0.1, -0.05) is 35.9 Å². The highest BCUT2D eigenvalue weighted by Gasteiger charge is 2.39. The molecule has 0 saturated heterocycles. The number of carbonyl (C=O) groups excluding carboxylic acids is 2. The summed E-state index contributed by atoms with van der Waals surface area (Å²) in [4.78, 5) is 27.3. The standard InChI is InChI=1S/C22H23ClN2O3/c1-14(2)28-12-11-25-21(26)19(16-7-9-17(23)10-8-16)20(22(25)27)24-18-6-4-5-15(3)13-18/h4-10,13-14,24H,11-12H2,1-3H3. The zero-order valence-electron chi connectivity index (χ0n) is 16.2. The van der Waals surface area contributed by atoms with Crippen LogP contribution >= 0.6 is 11.6 Å². The molecule has 28 heavy (non-hydrogen) atoms. The summed E-state index contributed by atoms with van der Waals surface area (Å²) >= 11 is 5.98. The molecular formula is C22H23ClN2O3. The molecule has 6 heteroatoms. The highest BCUT2D eigenvalue weighted by atomic mass is 35.5. The highest BCUT2D eigenvalue weighted by molar-refractivity contribution is 6.36. The minimum atomic E-state index is -0.358. The lowest BCUT2D eigenvalue weighted by atomic mass is 10.0. The first kappa shape index (κ1) is 20.1. The summed E-state index contributed by atoms with van der Waals surface area (Å²) < 4.78 is 5.52. The number of nitrogens with zero attached hydrogens (tertiary/aromatic N) is 1. The number of amides is 2. The van der Waals surface area contributed by atoms with Gasteiger partial charge in [0, 0.05) is 10.7 Å². The summed E-state index contributed by atoms with van der Waals surface area (Å²) in [5, 5.41) is 3.71. The normalized spacial score (nSPS) is 14.4. The van der Waals surface area contributed by atoms with Gasteiger partial charge in [0.25, 0.3) is 11.8 Å². The Morgan fingerprint density at radius 3 is 2.43 bits per heavy atom. The number of carbonyl (C=O) groups is 2. The number of anilines is 1. The van der Waals surface area contributed by atoms with Crippen LogP contribution in [0.1, 0.15) is 25.0 Å². The number of benzene rings is 2. The Morgan fingerprint density at radius 2 is 1.79 bits per heavy atom. The van der Waals surface area contributed by atoms with Gasteiger partial charge < -0.3 is 10.1 Å². The van der Waals surface area contributed by atoms with Crippen molar-refractivity contribution in [3.63, 3.8) is 0 Å². The van der Waals surface area contributed by atoms with Crippen molar-refractivity contribution in [3.05, 3.63) is 70.4 Å². The van der Waals surface area contributed by atoms with Crippen LogP contribution in [0.25, 0.3) is 5.57 Å². The first-order chi connectivity index (χ1) is 13.4. The van der Waals surface area contributed by atoms with Crippen molar-refractivity contribution in [2.24, 2.45) is 0 Å². The van der Waals surface area contributed by atoms with Crippen LogP contribution in [0.2, 0.25) is 5.02 Å². The number of nitrogens with one attached hydrogen (secondary N) is 1. The van der Waals surface area contributed by atoms with E-state index in [0.717, 1.165) is 11.3 Å². The number of aryl methyl sites for hydroxylation is 1. The van der Waals surface area contributed by atoms with Gasteiger partial charge in [-0.15, -0.1) is 0 Å². The van der Waals surface area contributed by atoms with E-state index >= 15 is 0 Å². The molecule has 0 aliphatic carbocycles. The lowest BCUT2D eigenvalue weighted by molar-refractivity contribution is -0.137. The van der Waals surface area contributed by atoms with Gasteiger partial charge >= 0.3 is 0 Å². The van der Waals surface area contributed by atoms with E-state index in [1.165, 1.54) is 4.90 Å². The lowest BCUT2D eigenvalue weighted by Crippen LogP contribution is -2.35. The van der Waals surface area contributed by atoms with Gasteiger partial charge in [0.15, 0.2) is 0 Å². The number of rotatable bonds is 7. The molecule has 1 aliphatic rings. The Bertz CT molecular complexity index is 920. The van der Waals surface area contributed by atoms with Crippen molar-refractivity contribution >= 4 is 34.7 Å². The summed E-state index contributed by atoms with van der Waals surface area (Å²) in [5.41, 5.74) is 3.06. The fraction of sp³-hybridized carbons (Fsp3) is 0.273. The summed E-state index contributed by atoms with van der Waals surface area (Å²) in [5.74, 6) is -0.696. The molecule has 0 fully saturated rings. The van der Waals surface area contributed by atoms with Crippen molar-refractivity contribution in [3.8, 4) is 0 Å².